The van der Waals surface area contributed by atoms with Gasteiger partial charge in [-0.15, -0.1) is 11.3 Å². The number of carbonyl (C=O) groups excluding carboxylic acids is 2. The van der Waals surface area contributed by atoms with E-state index in [4.69, 9.17) is 9.47 Å². The molecule has 1 aromatic heterocycles. The molecule has 0 saturated carbocycles. The molecule has 0 spiro atoms. The number of rotatable bonds is 3. The Balaban J connectivity index is 2.59. The number of nitrogens with one attached hydrogen (secondary N) is 1. The molecule has 2 rings (SSSR count). The van der Waals surface area contributed by atoms with Gasteiger partial charge in [0.2, 0.25) is 0 Å². The number of esters is 2. The molecule has 5 nitrogen and oxygen atoms in total. The van der Waals surface area contributed by atoms with E-state index < -0.39 is 29.1 Å². The van der Waals surface area contributed by atoms with Crippen molar-refractivity contribution in [2.24, 2.45) is 0 Å². The molecule has 0 unspecified atom stereocenters. The Bertz CT molecular complexity index is 802. The summed E-state index contributed by atoms with van der Waals surface area (Å²) in [6.07, 6.45) is 0. The van der Waals surface area contributed by atoms with Crippen LogP contribution in [0.4, 0.5) is 0 Å². The van der Waals surface area contributed by atoms with Crippen LogP contribution in [0.5, 0.6) is 0 Å². The summed E-state index contributed by atoms with van der Waals surface area (Å²) in [7, 11) is 0. The van der Waals surface area contributed by atoms with Gasteiger partial charge in [0.15, 0.2) is 0 Å². The van der Waals surface area contributed by atoms with Crippen molar-refractivity contribution in [3.8, 4) is 0 Å². The first kappa shape index (κ1) is 22.7. The van der Waals surface area contributed by atoms with Gasteiger partial charge < -0.3 is 14.8 Å². The summed E-state index contributed by atoms with van der Waals surface area (Å²) in [6.45, 7) is 14.6. The summed E-state index contributed by atoms with van der Waals surface area (Å²) in [5.74, 6) is -1.44. The number of halogens is 1. The number of hydrogen-bond donors (Lipinski definition) is 1. The third-order valence-electron chi connectivity index (χ3n) is 3.88. The topological polar surface area (TPSA) is 64.6 Å². The maximum atomic E-state index is 13.1. The molecule has 154 valence electrons. The van der Waals surface area contributed by atoms with Gasteiger partial charge in [0, 0.05) is 16.3 Å². The highest BCUT2D eigenvalue weighted by molar-refractivity contribution is 9.11. The zero-order chi connectivity index (χ0) is 21.4. The van der Waals surface area contributed by atoms with Crippen molar-refractivity contribution in [2.75, 3.05) is 0 Å². The molecule has 0 radical (unpaired) electrons. The maximum Gasteiger partial charge on any atom is 0.337 e. The molecule has 1 aromatic rings. The van der Waals surface area contributed by atoms with Crippen LogP contribution in [0.15, 0.2) is 38.5 Å². The molecule has 0 aliphatic carbocycles. The van der Waals surface area contributed by atoms with Crippen LogP contribution in [0.25, 0.3) is 0 Å². The van der Waals surface area contributed by atoms with E-state index >= 15 is 0 Å². The molecule has 0 bridgehead atoms. The van der Waals surface area contributed by atoms with Crippen LogP contribution in [-0.4, -0.2) is 23.1 Å². The molecule has 1 N–H and O–H groups in total. The summed E-state index contributed by atoms with van der Waals surface area (Å²) in [5, 5.41) is 3.17. The van der Waals surface area contributed by atoms with Gasteiger partial charge in [-0.1, -0.05) is 0 Å². The van der Waals surface area contributed by atoms with E-state index in [0.717, 1.165) is 8.66 Å². The Morgan fingerprint density at radius 2 is 1.36 bits per heavy atom. The van der Waals surface area contributed by atoms with E-state index in [9.17, 15) is 9.59 Å². The Kier molecular flexibility index (Phi) is 6.50. The average Bonchev–Trinajstić information content (AvgIpc) is 2.88. The first-order valence-corrected chi connectivity index (χ1v) is 10.7. The van der Waals surface area contributed by atoms with Crippen molar-refractivity contribution in [1.82, 2.24) is 5.32 Å². The number of allylic oxidation sites excluding steroid dienone is 2. The van der Waals surface area contributed by atoms with E-state index in [1.54, 1.807) is 0 Å². The molecule has 0 fully saturated rings. The zero-order valence-corrected chi connectivity index (χ0v) is 20.1. The number of carbonyl (C=O) groups is 2. The van der Waals surface area contributed by atoms with Crippen molar-refractivity contribution in [3.63, 3.8) is 0 Å². The molecule has 0 amide bonds. The minimum atomic E-state index is -0.646. The smallest absolute Gasteiger partial charge is 0.337 e. The monoisotopic (exact) mass is 469 g/mol. The molecule has 1 aliphatic heterocycles. The lowest BCUT2D eigenvalue weighted by Crippen LogP contribution is -2.36. The zero-order valence-electron chi connectivity index (χ0n) is 17.7. The van der Waals surface area contributed by atoms with Crippen molar-refractivity contribution in [1.29, 1.82) is 0 Å². The second kappa shape index (κ2) is 8.03. The van der Waals surface area contributed by atoms with Gasteiger partial charge in [-0.25, -0.2) is 9.59 Å². The summed E-state index contributed by atoms with van der Waals surface area (Å²) in [5.41, 5.74) is 0.911. The van der Waals surface area contributed by atoms with Gasteiger partial charge >= 0.3 is 11.9 Å². The quantitative estimate of drug-likeness (QED) is 0.597. The minimum absolute atomic E-state index is 0.427. The van der Waals surface area contributed by atoms with Gasteiger partial charge in [-0.3, -0.25) is 0 Å². The van der Waals surface area contributed by atoms with E-state index in [2.05, 4.69) is 21.2 Å². The molecule has 2 heterocycles. The second-order valence-corrected chi connectivity index (χ2v) is 11.3. The Labute approximate surface area is 179 Å². The fourth-order valence-corrected chi connectivity index (χ4v) is 4.51. The van der Waals surface area contributed by atoms with Gasteiger partial charge in [-0.05, 0) is 83.5 Å². The van der Waals surface area contributed by atoms with E-state index in [1.165, 1.54) is 11.3 Å². The summed E-state index contributed by atoms with van der Waals surface area (Å²) < 4.78 is 12.2. The predicted octanol–water partition coefficient (Wildman–Crippen LogP) is 5.43. The number of ether oxygens (including phenoxy) is 2. The second-order valence-electron chi connectivity index (χ2n) is 8.78. The molecule has 7 heteroatoms. The van der Waals surface area contributed by atoms with Crippen LogP contribution in [-0.2, 0) is 19.1 Å². The third-order valence-corrected chi connectivity index (χ3v) is 5.56. The molecule has 0 saturated heterocycles. The molecule has 0 aromatic carbocycles. The van der Waals surface area contributed by atoms with Gasteiger partial charge in [0.05, 0.1) is 20.9 Å². The molecule has 1 aliphatic rings. The SMILES string of the molecule is CC1=C(C(=O)OC(C)(C)C)C(c2ccc(Br)s2)C(C(=O)OC(C)(C)C)=C(C)N1. The first-order chi connectivity index (χ1) is 12.7. The third kappa shape index (κ3) is 5.47. The van der Waals surface area contributed by atoms with Crippen LogP contribution in [0.2, 0.25) is 0 Å². The van der Waals surface area contributed by atoms with Gasteiger partial charge in [0.1, 0.15) is 11.2 Å². The fourth-order valence-electron chi connectivity index (χ4n) is 2.97. The van der Waals surface area contributed by atoms with Gasteiger partial charge in [-0.2, -0.15) is 0 Å². The van der Waals surface area contributed by atoms with Gasteiger partial charge in [0.25, 0.3) is 0 Å². The molecular weight excluding hydrogens is 442 g/mol. The lowest BCUT2D eigenvalue weighted by Gasteiger charge is -2.32. The number of hydrogen-bond acceptors (Lipinski definition) is 6. The highest BCUT2D eigenvalue weighted by Crippen LogP contribution is 2.43. The van der Waals surface area contributed by atoms with Crippen molar-refractivity contribution >= 4 is 39.2 Å². The summed E-state index contributed by atoms with van der Waals surface area (Å²) in [4.78, 5) is 27.0. The lowest BCUT2D eigenvalue weighted by atomic mass is 9.84. The highest BCUT2D eigenvalue weighted by Gasteiger charge is 2.40. The largest absolute Gasteiger partial charge is 0.457 e. The summed E-state index contributed by atoms with van der Waals surface area (Å²) >= 11 is 4.96. The standard InChI is InChI=1S/C21H28BrNO4S/c1-11-15(18(24)26-20(3,4)5)17(13-9-10-14(22)28-13)16(12(2)23-11)19(25)27-21(6,7)8/h9-10,17,23H,1-8H3. The number of dihydropyridines is 1. The minimum Gasteiger partial charge on any atom is -0.457 e. The van der Waals surface area contributed by atoms with Crippen molar-refractivity contribution in [3.05, 3.63) is 43.3 Å². The van der Waals surface area contributed by atoms with Crippen LogP contribution >= 0.6 is 27.3 Å². The molecular formula is C21H28BrNO4S. The Morgan fingerprint density at radius 3 is 1.68 bits per heavy atom. The Morgan fingerprint density at radius 1 is 0.929 bits per heavy atom. The fraction of sp³-hybridized carbons (Fsp3) is 0.524. The van der Waals surface area contributed by atoms with E-state index in [1.807, 2.05) is 67.5 Å². The first-order valence-electron chi connectivity index (χ1n) is 9.10. The van der Waals surface area contributed by atoms with Crippen molar-refractivity contribution < 1.29 is 19.1 Å². The van der Waals surface area contributed by atoms with E-state index in [-0.39, 0.29) is 0 Å². The average molecular weight is 470 g/mol. The molecule has 28 heavy (non-hydrogen) atoms. The van der Waals surface area contributed by atoms with Crippen molar-refractivity contribution in [2.45, 2.75) is 72.5 Å². The van der Waals surface area contributed by atoms with E-state index in [0.29, 0.717) is 22.5 Å². The van der Waals surface area contributed by atoms with Crippen LogP contribution in [0, 0.1) is 0 Å². The number of thiophene rings is 1. The lowest BCUT2D eigenvalue weighted by molar-refractivity contribution is -0.150. The highest BCUT2D eigenvalue weighted by atomic mass is 79.9. The van der Waals surface area contributed by atoms with Crippen LogP contribution < -0.4 is 5.32 Å². The maximum absolute atomic E-state index is 13.1. The summed E-state index contributed by atoms with van der Waals surface area (Å²) in [6, 6.07) is 3.83. The Hall–Kier alpha value is -1.60. The predicted molar refractivity (Wildman–Crippen MR) is 115 cm³/mol. The molecule has 0 atom stereocenters. The normalized spacial score (nSPS) is 16.2. The van der Waals surface area contributed by atoms with Crippen LogP contribution in [0.3, 0.4) is 0 Å². The van der Waals surface area contributed by atoms with Crippen LogP contribution in [0.1, 0.15) is 66.2 Å².